The van der Waals surface area contributed by atoms with Crippen LogP contribution in [0.4, 0.5) is 5.69 Å². The summed E-state index contributed by atoms with van der Waals surface area (Å²) in [5, 5.41) is 2.86. The van der Waals surface area contributed by atoms with E-state index in [1.807, 2.05) is 44.2 Å². The molecule has 0 aliphatic carbocycles. The fourth-order valence-corrected chi connectivity index (χ4v) is 1.65. The number of benzene rings is 1. The maximum absolute atomic E-state index is 11.9. The van der Waals surface area contributed by atoms with Gasteiger partial charge in [0.1, 0.15) is 5.75 Å². The SMILES string of the molecule is CNOc1cccc(NC(=O)CN(C)CCN(C)C)c1. The van der Waals surface area contributed by atoms with Crippen LogP contribution in [0, 0.1) is 0 Å². The molecule has 0 unspecified atom stereocenters. The van der Waals surface area contributed by atoms with Gasteiger partial charge < -0.3 is 15.1 Å². The predicted octanol–water partition coefficient (Wildman–Crippen LogP) is 0.632. The number of nitrogens with zero attached hydrogens (tertiary/aromatic N) is 2. The summed E-state index contributed by atoms with van der Waals surface area (Å²) in [6.07, 6.45) is 0. The van der Waals surface area contributed by atoms with E-state index in [2.05, 4.69) is 15.7 Å². The lowest BCUT2D eigenvalue weighted by Gasteiger charge is -2.18. The van der Waals surface area contributed by atoms with Gasteiger partial charge >= 0.3 is 0 Å². The molecule has 0 aliphatic rings. The van der Waals surface area contributed by atoms with E-state index < -0.39 is 0 Å². The number of nitrogens with one attached hydrogen (secondary N) is 2. The lowest BCUT2D eigenvalue weighted by molar-refractivity contribution is -0.117. The van der Waals surface area contributed by atoms with E-state index in [4.69, 9.17) is 4.84 Å². The van der Waals surface area contributed by atoms with Gasteiger partial charge in [0.2, 0.25) is 5.91 Å². The van der Waals surface area contributed by atoms with Gasteiger partial charge in [-0.2, -0.15) is 5.48 Å². The Morgan fingerprint density at radius 3 is 2.65 bits per heavy atom. The largest absolute Gasteiger partial charge is 0.409 e. The molecule has 0 fully saturated rings. The highest BCUT2D eigenvalue weighted by Gasteiger charge is 2.07. The van der Waals surface area contributed by atoms with Crippen molar-refractivity contribution in [2.24, 2.45) is 0 Å². The Bertz CT molecular complexity index is 423. The van der Waals surface area contributed by atoms with Gasteiger partial charge in [-0.1, -0.05) is 6.07 Å². The standard InChI is InChI=1S/C14H24N4O2/c1-15-20-13-7-5-6-12(10-13)16-14(19)11-18(4)9-8-17(2)3/h5-7,10,15H,8-9,11H2,1-4H3,(H,16,19). The van der Waals surface area contributed by atoms with Crippen molar-refractivity contribution in [3.8, 4) is 5.75 Å². The first-order chi connectivity index (χ1) is 9.51. The van der Waals surface area contributed by atoms with E-state index in [0.717, 1.165) is 18.8 Å². The first-order valence-electron chi connectivity index (χ1n) is 6.58. The highest BCUT2D eigenvalue weighted by molar-refractivity contribution is 5.92. The van der Waals surface area contributed by atoms with E-state index in [-0.39, 0.29) is 5.91 Å². The van der Waals surface area contributed by atoms with Crippen LogP contribution in [-0.4, -0.2) is 63.5 Å². The molecule has 6 heteroatoms. The molecule has 0 radical (unpaired) electrons. The number of hydrogen-bond donors (Lipinski definition) is 2. The van der Waals surface area contributed by atoms with Crippen molar-refractivity contribution in [1.82, 2.24) is 15.3 Å². The molecule has 1 aromatic carbocycles. The summed E-state index contributed by atoms with van der Waals surface area (Å²) in [6.45, 7) is 2.14. The third-order valence-electron chi connectivity index (χ3n) is 2.68. The van der Waals surface area contributed by atoms with Crippen LogP contribution in [0.15, 0.2) is 24.3 Å². The molecule has 6 nitrogen and oxygen atoms in total. The van der Waals surface area contributed by atoms with Crippen LogP contribution in [-0.2, 0) is 4.79 Å². The van der Waals surface area contributed by atoms with Crippen LogP contribution in [0.5, 0.6) is 5.75 Å². The minimum atomic E-state index is -0.0344. The summed E-state index contributed by atoms with van der Waals surface area (Å²) in [5.74, 6) is 0.624. The molecule has 112 valence electrons. The van der Waals surface area contributed by atoms with E-state index in [1.54, 1.807) is 13.1 Å². The van der Waals surface area contributed by atoms with Gasteiger partial charge in [0.25, 0.3) is 0 Å². The van der Waals surface area contributed by atoms with Crippen molar-refractivity contribution in [3.05, 3.63) is 24.3 Å². The lowest BCUT2D eigenvalue weighted by Crippen LogP contribution is -2.34. The number of hydrogen-bond acceptors (Lipinski definition) is 5. The van der Waals surface area contributed by atoms with Gasteiger partial charge in [0, 0.05) is 31.9 Å². The molecule has 0 saturated heterocycles. The van der Waals surface area contributed by atoms with Crippen LogP contribution >= 0.6 is 0 Å². The van der Waals surface area contributed by atoms with Gasteiger partial charge in [-0.15, -0.1) is 0 Å². The minimum Gasteiger partial charge on any atom is -0.409 e. The Labute approximate surface area is 120 Å². The average molecular weight is 280 g/mol. The molecule has 0 heterocycles. The van der Waals surface area contributed by atoms with Crippen molar-refractivity contribution in [2.45, 2.75) is 0 Å². The van der Waals surface area contributed by atoms with Crippen LogP contribution in [0.2, 0.25) is 0 Å². The number of carbonyl (C=O) groups excluding carboxylic acids is 1. The number of anilines is 1. The first-order valence-corrected chi connectivity index (χ1v) is 6.58. The van der Waals surface area contributed by atoms with E-state index in [0.29, 0.717) is 12.3 Å². The van der Waals surface area contributed by atoms with Gasteiger partial charge in [0.15, 0.2) is 0 Å². The van der Waals surface area contributed by atoms with Gasteiger partial charge in [0.05, 0.1) is 6.54 Å². The Morgan fingerprint density at radius 2 is 2.00 bits per heavy atom. The molecule has 0 bridgehead atoms. The zero-order valence-electron chi connectivity index (χ0n) is 12.6. The maximum Gasteiger partial charge on any atom is 0.238 e. The first kappa shape index (κ1) is 16.4. The number of likely N-dealkylation sites (N-methyl/N-ethyl adjacent to an activating group) is 2. The second kappa shape index (κ2) is 8.52. The summed E-state index contributed by atoms with van der Waals surface area (Å²) in [4.78, 5) is 21.2. The summed E-state index contributed by atoms with van der Waals surface area (Å²) in [5.41, 5.74) is 3.32. The normalized spacial score (nSPS) is 10.9. The molecule has 0 aromatic heterocycles. The number of amides is 1. The number of hydroxylamine groups is 1. The number of rotatable bonds is 8. The van der Waals surface area contributed by atoms with Crippen molar-refractivity contribution in [2.75, 3.05) is 53.1 Å². The average Bonchev–Trinajstić information content (AvgIpc) is 2.37. The van der Waals surface area contributed by atoms with Crippen molar-refractivity contribution < 1.29 is 9.63 Å². The smallest absolute Gasteiger partial charge is 0.238 e. The molecule has 0 saturated carbocycles. The zero-order valence-corrected chi connectivity index (χ0v) is 12.6. The second-order valence-corrected chi connectivity index (χ2v) is 4.92. The Balaban J connectivity index is 2.43. The molecule has 1 amide bonds. The van der Waals surface area contributed by atoms with Gasteiger partial charge in [-0.3, -0.25) is 9.69 Å². The highest BCUT2D eigenvalue weighted by atomic mass is 16.6. The van der Waals surface area contributed by atoms with E-state index in [9.17, 15) is 4.79 Å². The molecule has 1 aromatic rings. The Hall–Kier alpha value is -1.63. The molecule has 1 rings (SSSR count). The maximum atomic E-state index is 11.9. The summed E-state index contributed by atoms with van der Waals surface area (Å²) < 4.78 is 0. The van der Waals surface area contributed by atoms with Crippen LogP contribution < -0.4 is 15.6 Å². The summed E-state index contributed by atoms with van der Waals surface area (Å²) >= 11 is 0. The molecule has 0 spiro atoms. The Kier molecular flexibility index (Phi) is 7.00. The van der Waals surface area contributed by atoms with Crippen LogP contribution in [0.1, 0.15) is 0 Å². The Morgan fingerprint density at radius 1 is 1.25 bits per heavy atom. The van der Waals surface area contributed by atoms with Crippen molar-refractivity contribution >= 4 is 11.6 Å². The van der Waals surface area contributed by atoms with Gasteiger partial charge in [-0.05, 0) is 33.3 Å². The quantitative estimate of drug-likeness (QED) is 0.684. The molecule has 20 heavy (non-hydrogen) atoms. The molecular weight excluding hydrogens is 256 g/mol. The molecule has 0 atom stereocenters. The third kappa shape index (κ3) is 6.51. The topological polar surface area (TPSA) is 56.8 Å². The molecule has 2 N–H and O–H groups in total. The lowest BCUT2D eigenvalue weighted by atomic mass is 10.3. The fourth-order valence-electron chi connectivity index (χ4n) is 1.65. The van der Waals surface area contributed by atoms with Crippen LogP contribution in [0.3, 0.4) is 0 Å². The summed E-state index contributed by atoms with van der Waals surface area (Å²) in [6, 6.07) is 7.25. The third-order valence-corrected chi connectivity index (χ3v) is 2.68. The zero-order chi connectivity index (χ0) is 15.0. The molecular formula is C14H24N4O2. The second-order valence-electron chi connectivity index (χ2n) is 4.92. The van der Waals surface area contributed by atoms with Gasteiger partial charge in [-0.25, -0.2) is 0 Å². The van der Waals surface area contributed by atoms with E-state index >= 15 is 0 Å². The minimum absolute atomic E-state index is 0.0344. The highest BCUT2D eigenvalue weighted by Crippen LogP contribution is 2.16. The molecule has 0 aliphatic heterocycles. The number of carbonyl (C=O) groups is 1. The van der Waals surface area contributed by atoms with Crippen LogP contribution in [0.25, 0.3) is 0 Å². The summed E-state index contributed by atoms with van der Waals surface area (Å²) in [7, 11) is 7.65. The van der Waals surface area contributed by atoms with Crippen molar-refractivity contribution in [3.63, 3.8) is 0 Å². The van der Waals surface area contributed by atoms with E-state index in [1.165, 1.54) is 0 Å². The monoisotopic (exact) mass is 280 g/mol. The predicted molar refractivity (Wildman–Crippen MR) is 80.8 cm³/mol. The van der Waals surface area contributed by atoms with Crippen molar-refractivity contribution in [1.29, 1.82) is 0 Å². The fraction of sp³-hybridized carbons (Fsp3) is 0.500.